The number of allylic oxidation sites excluding steroid dienone is 3. The second-order valence-corrected chi connectivity index (χ2v) is 3.70. The molecule has 0 fully saturated rings. The molecule has 0 aromatic carbocycles. The van der Waals surface area contributed by atoms with Gasteiger partial charge in [0.15, 0.2) is 0 Å². The largest absolute Gasteiger partial charge is 0.461 e. The summed E-state index contributed by atoms with van der Waals surface area (Å²) in [5.74, 6) is 0.902. The molecular weight excluding hydrogens is 176 g/mol. The fraction of sp³-hybridized carbons (Fsp3) is 0.500. The summed E-state index contributed by atoms with van der Waals surface area (Å²) in [6, 6.07) is 0. The van der Waals surface area contributed by atoms with Gasteiger partial charge in [-0.25, -0.2) is 0 Å². The van der Waals surface area contributed by atoms with Crippen LogP contribution in [0, 0.1) is 0 Å². The van der Waals surface area contributed by atoms with Gasteiger partial charge in [-0.3, -0.25) is 0 Å². The van der Waals surface area contributed by atoms with Crippen molar-refractivity contribution in [2.45, 2.75) is 38.9 Å². The van der Waals surface area contributed by atoms with Gasteiger partial charge in [0.25, 0.3) is 0 Å². The fourth-order valence-corrected chi connectivity index (χ4v) is 1.88. The molecule has 14 heavy (non-hydrogen) atoms. The molecule has 1 atom stereocenters. The third-order valence-electron chi connectivity index (χ3n) is 2.63. The maximum Gasteiger partial charge on any atom is 0.224 e. The summed E-state index contributed by atoms with van der Waals surface area (Å²) in [5.41, 5.74) is 2.16. The first-order valence-electron chi connectivity index (χ1n) is 5.27. The number of hydrogen-bond donors (Lipinski definition) is 1. The van der Waals surface area contributed by atoms with E-state index in [2.05, 4.69) is 19.1 Å². The van der Waals surface area contributed by atoms with Gasteiger partial charge in [0, 0.05) is 11.1 Å². The highest BCUT2D eigenvalue weighted by atomic mass is 16.6. The molecule has 1 aliphatic carbocycles. The highest BCUT2D eigenvalue weighted by Crippen LogP contribution is 2.35. The zero-order valence-electron chi connectivity index (χ0n) is 8.49. The van der Waals surface area contributed by atoms with Gasteiger partial charge in [0.1, 0.15) is 5.76 Å². The summed E-state index contributed by atoms with van der Waals surface area (Å²) >= 11 is 0. The third-order valence-corrected chi connectivity index (χ3v) is 2.63. The molecule has 1 N–H and O–H groups in total. The molecule has 0 aromatic heterocycles. The molecule has 2 nitrogen and oxygen atoms in total. The molecule has 0 spiro atoms. The molecule has 0 radical (unpaired) electrons. The zero-order valence-corrected chi connectivity index (χ0v) is 8.49. The molecule has 1 unspecified atom stereocenters. The van der Waals surface area contributed by atoms with E-state index in [9.17, 15) is 5.11 Å². The lowest BCUT2D eigenvalue weighted by molar-refractivity contribution is -0.0164. The maximum absolute atomic E-state index is 9.62. The Morgan fingerprint density at radius 1 is 1.64 bits per heavy atom. The van der Waals surface area contributed by atoms with Crippen molar-refractivity contribution in [1.29, 1.82) is 0 Å². The van der Waals surface area contributed by atoms with Crippen LogP contribution in [0.3, 0.4) is 0 Å². The molecule has 0 amide bonds. The van der Waals surface area contributed by atoms with Crippen LogP contribution in [-0.4, -0.2) is 11.4 Å². The third kappa shape index (κ3) is 1.62. The first-order chi connectivity index (χ1) is 6.83. The number of aliphatic hydroxyl groups excluding tert-OH is 1. The Morgan fingerprint density at radius 2 is 2.50 bits per heavy atom. The van der Waals surface area contributed by atoms with E-state index in [-0.39, 0.29) is 0 Å². The van der Waals surface area contributed by atoms with Crippen LogP contribution in [0.25, 0.3) is 0 Å². The molecular formula is C12H16O2. The fourth-order valence-electron chi connectivity index (χ4n) is 1.88. The van der Waals surface area contributed by atoms with Gasteiger partial charge in [-0.15, -0.1) is 0 Å². The molecule has 1 aliphatic heterocycles. The average Bonchev–Trinajstić information content (AvgIpc) is 2.54. The first-order valence-corrected chi connectivity index (χ1v) is 5.27. The summed E-state index contributed by atoms with van der Waals surface area (Å²) < 4.78 is 5.40. The Morgan fingerprint density at radius 3 is 3.29 bits per heavy atom. The lowest BCUT2D eigenvalue weighted by Gasteiger charge is -2.06. The summed E-state index contributed by atoms with van der Waals surface area (Å²) in [4.78, 5) is 0. The second kappa shape index (κ2) is 4.01. The van der Waals surface area contributed by atoms with Gasteiger partial charge in [0.05, 0.1) is 0 Å². The van der Waals surface area contributed by atoms with Gasteiger partial charge >= 0.3 is 0 Å². The molecule has 0 bridgehead atoms. The van der Waals surface area contributed by atoms with Gasteiger partial charge < -0.3 is 9.84 Å². The average molecular weight is 192 g/mol. The van der Waals surface area contributed by atoms with E-state index in [4.69, 9.17) is 4.74 Å². The summed E-state index contributed by atoms with van der Waals surface area (Å²) in [7, 11) is 0. The predicted octanol–water partition coefficient (Wildman–Crippen LogP) is 2.67. The van der Waals surface area contributed by atoms with Gasteiger partial charge in [-0.1, -0.05) is 25.5 Å². The van der Waals surface area contributed by atoms with E-state index in [1.165, 1.54) is 5.57 Å². The predicted molar refractivity (Wildman–Crippen MR) is 55.5 cm³/mol. The van der Waals surface area contributed by atoms with Crippen molar-refractivity contribution < 1.29 is 9.84 Å². The van der Waals surface area contributed by atoms with Crippen LogP contribution in [0.2, 0.25) is 0 Å². The van der Waals surface area contributed by atoms with E-state index in [0.29, 0.717) is 0 Å². The molecule has 1 heterocycles. The van der Waals surface area contributed by atoms with Crippen molar-refractivity contribution in [1.82, 2.24) is 0 Å². The Kier molecular flexibility index (Phi) is 2.73. The first kappa shape index (κ1) is 9.53. The number of hydrogen-bond acceptors (Lipinski definition) is 2. The standard InChI is InChI=1S/C12H16O2/c1-2-3-8-11-9-6-4-5-7-10(9)12(13)14-11/h5,7-8,12-13H,2-4,6H2,1H3/b11-8-. The van der Waals surface area contributed by atoms with E-state index in [0.717, 1.165) is 37.0 Å². The molecule has 0 aromatic rings. The Bertz CT molecular complexity index is 310. The van der Waals surface area contributed by atoms with Crippen molar-refractivity contribution in [3.05, 3.63) is 35.1 Å². The Balaban J connectivity index is 2.23. The molecule has 2 rings (SSSR count). The lowest BCUT2D eigenvalue weighted by atomic mass is 9.97. The van der Waals surface area contributed by atoms with Crippen molar-refractivity contribution in [3.63, 3.8) is 0 Å². The monoisotopic (exact) mass is 192 g/mol. The van der Waals surface area contributed by atoms with E-state index in [1.54, 1.807) is 0 Å². The van der Waals surface area contributed by atoms with Crippen LogP contribution in [-0.2, 0) is 4.74 Å². The van der Waals surface area contributed by atoms with E-state index < -0.39 is 6.29 Å². The summed E-state index contributed by atoms with van der Waals surface area (Å²) in [5, 5.41) is 9.62. The topological polar surface area (TPSA) is 29.5 Å². The maximum atomic E-state index is 9.62. The molecule has 0 saturated carbocycles. The lowest BCUT2D eigenvalue weighted by Crippen LogP contribution is -2.06. The van der Waals surface area contributed by atoms with E-state index in [1.807, 2.05) is 6.08 Å². The number of aliphatic hydroxyl groups is 1. The van der Waals surface area contributed by atoms with Crippen LogP contribution in [0.4, 0.5) is 0 Å². The van der Waals surface area contributed by atoms with Crippen molar-refractivity contribution in [2.24, 2.45) is 0 Å². The van der Waals surface area contributed by atoms with E-state index >= 15 is 0 Å². The van der Waals surface area contributed by atoms with Crippen molar-refractivity contribution >= 4 is 0 Å². The minimum atomic E-state index is -0.732. The van der Waals surface area contributed by atoms with Gasteiger partial charge in [-0.2, -0.15) is 0 Å². The van der Waals surface area contributed by atoms with Crippen LogP contribution < -0.4 is 0 Å². The van der Waals surface area contributed by atoms with Crippen LogP contribution in [0.15, 0.2) is 35.1 Å². The Hall–Kier alpha value is -1.02. The molecule has 76 valence electrons. The quantitative estimate of drug-likeness (QED) is 0.728. The van der Waals surface area contributed by atoms with Crippen molar-refractivity contribution in [3.8, 4) is 0 Å². The normalized spacial score (nSPS) is 28.1. The molecule has 2 heteroatoms. The summed E-state index contributed by atoms with van der Waals surface area (Å²) in [6.07, 6.45) is 9.61. The number of ether oxygens (including phenoxy) is 1. The highest BCUT2D eigenvalue weighted by molar-refractivity contribution is 5.45. The number of rotatable bonds is 2. The number of unbranched alkanes of at least 4 members (excludes halogenated alkanes) is 1. The minimum Gasteiger partial charge on any atom is -0.461 e. The Labute approximate surface area is 84.6 Å². The van der Waals surface area contributed by atoms with Crippen LogP contribution in [0.1, 0.15) is 32.6 Å². The van der Waals surface area contributed by atoms with Crippen LogP contribution in [0.5, 0.6) is 0 Å². The molecule has 0 saturated heterocycles. The van der Waals surface area contributed by atoms with Crippen molar-refractivity contribution in [2.75, 3.05) is 0 Å². The smallest absolute Gasteiger partial charge is 0.224 e. The zero-order chi connectivity index (χ0) is 9.97. The van der Waals surface area contributed by atoms with Gasteiger partial charge in [-0.05, 0) is 25.3 Å². The minimum absolute atomic E-state index is 0.732. The van der Waals surface area contributed by atoms with Gasteiger partial charge in [0.2, 0.25) is 6.29 Å². The molecule has 2 aliphatic rings. The SMILES string of the molecule is CCC/C=C1\OC(O)C2=C1CCC=C2. The second-order valence-electron chi connectivity index (χ2n) is 3.70. The highest BCUT2D eigenvalue weighted by Gasteiger charge is 2.28. The van der Waals surface area contributed by atoms with Crippen LogP contribution >= 0.6 is 0 Å². The summed E-state index contributed by atoms with van der Waals surface area (Å²) in [6.45, 7) is 2.14.